The molecular formula is C23H18O6S. The van der Waals surface area contributed by atoms with Crippen LogP contribution in [0.25, 0.3) is 6.08 Å². The maximum Gasteiger partial charge on any atom is 0.339 e. The maximum atomic E-state index is 12.6. The zero-order valence-electron chi connectivity index (χ0n) is 16.3. The molecule has 0 aromatic heterocycles. The maximum absolute atomic E-state index is 12.6. The van der Waals surface area contributed by atoms with Crippen LogP contribution >= 0.6 is 0 Å². The van der Waals surface area contributed by atoms with E-state index in [2.05, 4.69) is 0 Å². The normalized spacial score (nSPS) is 14.3. The van der Waals surface area contributed by atoms with Crippen LogP contribution in [-0.2, 0) is 10.1 Å². The third-order valence-electron chi connectivity index (χ3n) is 4.67. The van der Waals surface area contributed by atoms with Crippen molar-refractivity contribution in [3.63, 3.8) is 0 Å². The van der Waals surface area contributed by atoms with E-state index in [-0.39, 0.29) is 27.9 Å². The highest BCUT2D eigenvalue weighted by atomic mass is 32.2. The lowest BCUT2D eigenvalue weighted by Gasteiger charge is -2.08. The van der Waals surface area contributed by atoms with Crippen LogP contribution in [0.3, 0.4) is 0 Å². The lowest BCUT2D eigenvalue weighted by Crippen LogP contribution is -2.09. The van der Waals surface area contributed by atoms with Gasteiger partial charge in [-0.3, -0.25) is 4.79 Å². The first-order valence-corrected chi connectivity index (χ1v) is 10.5. The number of carbonyl (C=O) groups is 1. The van der Waals surface area contributed by atoms with E-state index < -0.39 is 10.1 Å². The summed E-state index contributed by atoms with van der Waals surface area (Å²) in [5.74, 6) is 0.746. The summed E-state index contributed by atoms with van der Waals surface area (Å²) in [6, 6.07) is 17.8. The molecule has 0 bridgehead atoms. The number of hydrogen-bond donors (Lipinski definition) is 0. The van der Waals surface area contributed by atoms with E-state index in [1.807, 2.05) is 31.2 Å². The van der Waals surface area contributed by atoms with E-state index >= 15 is 0 Å². The van der Waals surface area contributed by atoms with Crippen molar-refractivity contribution >= 4 is 22.0 Å². The summed E-state index contributed by atoms with van der Waals surface area (Å²) < 4.78 is 41.0. The van der Waals surface area contributed by atoms with E-state index in [1.165, 1.54) is 49.6 Å². The summed E-state index contributed by atoms with van der Waals surface area (Å²) in [5.41, 5.74) is 2.23. The molecule has 1 heterocycles. The van der Waals surface area contributed by atoms with Gasteiger partial charge in [0.1, 0.15) is 22.1 Å². The molecule has 30 heavy (non-hydrogen) atoms. The molecule has 0 radical (unpaired) electrons. The van der Waals surface area contributed by atoms with Crippen molar-refractivity contribution in [1.82, 2.24) is 0 Å². The van der Waals surface area contributed by atoms with Gasteiger partial charge in [0, 0.05) is 6.07 Å². The van der Waals surface area contributed by atoms with Gasteiger partial charge in [0.25, 0.3) is 0 Å². The van der Waals surface area contributed by atoms with Crippen LogP contribution in [-0.4, -0.2) is 21.3 Å². The Hall–Kier alpha value is -3.58. The van der Waals surface area contributed by atoms with Crippen LogP contribution < -0.4 is 13.7 Å². The second kappa shape index (κ2) is 7.68. The Kier molecular flexibility index (Phi) is 5.05. The van der Waals surface area contributed by atoms with Gasteiger partial charge in [-0.15, -0.1) is 0 Å². The summed E-state index contributed by atoms with van der Waals surface area (Å²) in [4.78, 5) is 12.6. The van der Waals surface area contributed by atoms with Crippen LogP contribution in [0.15, 0.2) is 77.4 Å². The molecule has 0 aliphatic carbocycles. The molecule has 0 atom stereocenters. The number of fused-ring (bicyclic) bond motifs is 1. The molecule has 152 valence electrons. The van der Waals surface area contributed by atoms with Crippen LogP contribution in [0.2, 0.25) is 0 Å². The number of benzene rings is 3. The zero-order chi connectivity index (χ0) is 21.3. The van der Waals surface area contributed by atoms with E-state index in [9.17, 15) is 13.2 Å². The highest BCUT2D eigenvalue weighted by molar-refractivity contribution is 7.87. The first-order chi connectivity index (χ1) is 14.4. The highest BCUT2D eigenvalue weighted by Crippen LogP contribution is 2.36. The number of ketones is 1. The molecule has 7 heteroatoms. The number of ether oxygens (including phenoxy) is 2. The number of Topliss-reactive ketones (excluding diaryl/α,β-unsaturated/α-hetero) is 1. The minimum atomic E-state index is -4.05. The van der Waals surface area contributed by atoms with Gasteiger partial charge >= 0.3 is 10.1 Å². The molecular weight excluding hydrogens is 404 g/mol. The third-order valence-corrected chi connectivity index (χ3v) is 5.93. The Morgan fingerprint density at radius 2 is 1.63 bits per heavy atom. The lowest BCUT2D eigenvalue weighted by atomic mass is 10.1. The molecule has 0 spiro atoms. The summed E-state index contributed by atoms with van der Waals surface area (Å²) in [5, 5.41) is 0. The van der Waals surface area contributed by atoms with Crippen molar-refractivity contribution in [2.45, 2.75) is 11.8 Å². The first kappa shape index (κ1) is 19.7. The highest BCUT2D eigenvalue weighted by Gasteiger charge is 2.28. The zero-order valence-corrected chi connectivity index (χ0v) is 17.1. The Balaban J connectivity index is 1.59. The number of rotatable bonds is 5. The monoisotopic (exact) mass is 422 g/mol. The van der Waals surface area contributed by atoms with Gasteiger partial charge in [-0.1, -0.05) is 24.3 Å². The summed E-state index contributed by atoms with van der Waals surface area (Å²) in [6.07, 6.45) is 1.67. The minimum absolute atomic E-state index is 0.0130. The molecule has 0 saturated carbocycles. The van der Waals surface area contributed by atoms with Crippen molar-refractivity contribution in [1.29, 1.82) is 0 Å². The fraction of sp³-hybridized carbons (Fsp3) is 0.0870. The molecule has 3 aromatic rings. The molecule has 0 unspecified atom stereocenters. The van der Waals surface area contributed by atoms with E-state index in [0.29, 0.717) is 11.3 Å². The van der Waals surface area contributed by atoms with Crippen LogP contribution in [0.5, 0.6) is 17.2 Å². The second-order valence-electron chi connectivity index (χ2n) is 6.67. The van der Waals surface area contributed by atoms with Gasteiger partial charge in [0.2, 0.25) is 5.78 Å². The average Bonchev–Trinajstić information content (AvgIpc) is 3.04. The summed E-state index contributed by atoms with van der Waals surface area (Å²) in [6.45, 7) is 1.94. The van der Waals surface area contributed by atoms with Gasteiger partial charge < -0.3 is 13.7 Å². The fourth-order valence-corrected chi connectivity index (χ4v) is 3.95. The predicted molar refractivity (Wildman–Crippen MR) is 111 cm³/mol. The van der Waals surface area contributed by atoms with Gasteiger partial charge in [0.05, 0.1) is 12.7 Å². The number of methoxy groups -OCH3 is 1. The smallest absolute Gasteiger partial charge is 0.339 e. The van der Waals surface area contributed by atoms with Gasteiger partial charge in [-0.2, -0.15) is 8.42 Å². The van der Waals surface area contributed by atoms with Crippen molar-refractivity contribution in [2.24, 2.45) is 0 Å². The molecule has 0 N–H and O–H groups in total. The molecule has 3 aromatic carbocycles. The van der Waals surface area contributed by atoms with Crippen LogP contribution in [0.4, 0.5) is 0 Å². The molecule has 0 saturated heterocycles. The van der Waals surface area contributed by atoms with Gasteiger partial charge in [0.15, 0.2) is 5.76 Å². The minimum Gasteiger partial charge on any atom is -0.497 e. The SMILES string of the molecule is COc1ccc(S(=O)(=O)Oc2ccc3c(c2)O/C(=C\c2ccccc2C)C3=O)cc1. The van der Waals surface area contributed by atoms with Gasteiger partial charge in [-0.25, -0.2) is 0 Å². The summed E-state index contributed by atoms with van der Waals surface area (Å²) >= 11 is 0. The topological polar surface area (TPSA) is 78.9 Å². The van der Waals surface area contributed by atoms with Crippen molar-refractivity contribution in [3.8, 4) is 17.2 Å². The fourth-order valence-electron chi connectivity index (χ4n) is 3.03. The van der Waals surface area contributed by atoms with Crippen molar-refractivity contribution in [2.75, 3.05) is 7.11 Å². The van der Waals surface area contributed by atoms with E-state index in [4.69, 9.17) is 13.7 Å². The average molecular weight is 422 g/mol. The third kappa shape index (κ3) is 3.79. The second-order valence-corrected chi connectivity index (χ2v) is 8.21. The van der Waals surface area contributed by atoms with E-state index in [1.54, 1.807) is 6.08 Å². The number of allylic oxidation sites excluding steroid dienone is 1. The van der Waals surface area contributed by atoms with Crippen LogP contribution in [0.1, 0.15) is 21.5 Å². The lowest BCUT2D eigenvalue weighted by molar-refractivity contribution is 0.101. The molecule has 1 aliphatic heterocycles. The molecule has 6 nitrogen and oxygen atoms in total. The Bertz CT molecular complexity index is 1260. The Morgan fingerprint density at radius 3 is 2.33 bits per heavy atom. The number of aryl methyl sites for hydroxylation is 1. The number of carbonyl (C=O) groups excluding carboxylic acids is 1. The van der Waals surface area contributed by atoms with Crippen LogP contribution in [0, 0.1) is 6.92 Å². The largest absolute Gasteiger partial charge is 0.497 e. The Labute approximate surface area is 174 Å². The first-order valence-electron chi connectivity index (χ1n) is 9.10. The van der Waals surface area contributed by atoms with E-state index in [0.717, 1.165) is 11.1 Å². The van der Waals surface area contributed by atoms with Crippen molar-refractivity contribution in [3.05, 3.63) is 89.2 Å². The predicted octanol–water partition coefficient (Wildman–Crippen LogP) is 4.39. The summed E-state index contributed by atoms with van der Waals surface area (Å²) in [7, 11) is -2.55. The molecule has 1 aliphatic rings. The number of hydrogen-bond acceptors (Lipinski definition) is 6. The molecule has 4 rings (SSSR count). The van der Waals surface area contributed by atoms with Gasteiger partial charge in [-0.05, 0) is 60.5 Å². The standard InChI is InChI=1S/C23H18O6S/c1-15-5-3-4-6-16(15)13-22-23(24)20-12-9-18(14-21(20)28-22)29-30(25,26)19-10-7-17(27-2)8-11-19/h3-14H,1-2H3/b22-13-. The van der Waals surface area contributed by atoms with Crippen molar-refractivity contribution < 1.29 is 26.9 Å². The molecule has 0 amide bonds. The Morgan fingerprint density at radius 1 is 0.933 bits per heavy atom. The quantitative estimate of drug-likeness (QED) is 0.448. The molecule has 0 fully saturated rings.